The molecule has 0 spiro atoms. The van der Waals surface area contributed by atoms with E-state index >= 15 is 0 Å². The van der Waals surface area contributed by atoms with Crippen LogP contribution in [0.3, 0.4) is 0 Å². The van der Waals surface area contributed by atoms with Gasteiger partial charge in [-0.2, -0.15) is 4.40 Å². The summed E-state index contributed by atoms with van der Waals surface area (Å²) in [6, 6.07) is 23.3. The zero-order chi connectivity index (χ0) is 19.0. The molecule has 3 aromatic heterocycles. The molecular formula is C20H13ClN2O4. The Hall–Kier alpha value is -2.87. The molecule has 0 unspecified atom stereocenters. The normalized spacial score (nSPS) is 12.7. The highest BCUT2D eigenvalue weighted by Gasteiger charge is 2.28. The smallest absolute Gasteiger partial charge is 0.222 e. The number of pyridine rings is 3. The number of fused-ring (bicyclic) bond motifs is 2. The second-order valence-corrected chi connectivity index (χ2v) is 6.70. The average Bonchev–Trinajstić information content (AvgIpc) is 3.01. The summed E-state index contributed by atoms with van der Waals surface area (Å²) in [4.78, 5) is 4.53. The molecule has 4 heterocycles. The molecular weight excluding hydrogens is 368 g/mol. The molecule has 0 amide bonds. The number of benzene rings is 1. The predicted octanol–water partition coefficient (Wildman–Crippen LogP) is -0.880. The summed E-state index contributed by atoms with van der Waals surface area (Å²) in [6.45, 7) is 0. The summed E-state index contributed by atoms with van der Waals surface area (Å²) in [5, 5.41) is 2.54. The zero-order valence-electron chi connectivity index (χ0n) is 13.9. The first-order valence-electron chi connectivity index (χ1n) is 8.03. The van der Waals surface area contributed by atoms with Crippen molar-refractivity contribution < 1.29 is 33.3 Å². The summed E-state index contributed by atoms with van der Waals surface area (Å²) in [5.41, 5.74) is 5.86. The van der Waals surface area contributed by atoms with Crippen molar-refractivity contribution in [2.75, 3.05) is 0 Å². The molecule has 0 radical (unpaired) electrons. The summed E-state index contributed by atoms with van der Waals surface area (Å²) in [5.74, 6) is 0. The van der Waals surface area contributed by atoms with E-state index in [4.69, 9.17) is 18.6 Å². The quantitative estimate of drug-likeness (QED) is 0.277. The molecule has 134 valence electrons. The van der Waals surface area contributed by atoms with Crippen molar-refractivity contribution in [3.8, 4) is 0 Å². The lowest BCUT2D eigenvalue weighted by Crippen LogP contribution is -2.68. The standard InChI is InChI=1S/C20H13N2.ClHO4/c1-2-8-16-14(6-1)12-20-17(18-9-3-4-11-21-18)13-15-7-5-10-19(16)22(15)20;2-1(3,4)5/h1-13H;(H,2,3,4,5)/q+1;/p-1. The van der Waals surface area contributed by atoms with Crippen molar-refractivity contribution in [1.82, 2.24) is 4.98 Å². The SMILES string of the molecule is C1=C(c2ccccn2)c2cc3ccccc3c3cccc1[n+]23.[O-][Cl+3]([O-])([O-])[O-]. The summed E-state index contributed by atoms with van der Waals surface area (Å²) >= 11 is 0. The van der Waals surface area contributed by atoms with E-state index in [1.165, 1.54) is 33.3 Å². The Labute approximate surface area is 156 Å². The number of hydrogen-bond acceptors (Lipinski definition) is 5. The predicted molar refractivity (Wildman–Crippen MR) is 88.3 cm³/mol. The maximum absolute atomic E-state index is 8.49. The minimum atomic E-state index is -4.94. The van der Waals surface area contributed by atoms with Crippen molar-refractivity contribution in [2.24, 2.45) is 0 Å². The minimum absolute atomic E-state index is 1.02. The molecule has 6 nitrogen and oxygen atoms in total. The van der Waals surface area contributed by atoms with E-state index in [9.17, 15) is 0 Å². The van der Waals surface area contributed by atoms with Crippen LogP contribution in [0.5, 0.6) is 0 Å². The molecule has 1 aliphatic heterocycles. The van der Waals surface area contributed by atoms with E-state index in [2.05, 4.69) is 70.1 Å². The van der Waals surface area contributed by atoms with Gasteiger partial charge in [-0.15, -0.1) is 10.2 Å². The Bertz CT molecular complexity index is 1170. The molecule has 27 heavy (non-hydrogen) atoms. The van der Waals surface area contributed by atoms with Crippen LogP contribution in [0.1, 0.15) is 17.1 Å². The maximum Gasteiger partial charge on any atom is 0.222 e. The summed E-state index contributed by atoms with van der Waals surface area (Å²) < 4.78 is 36.3. The molecule has 0 N–H and O–H groups in total. The fourth-order valence-electron chi connectivity index (χ4n) is 3.33. The zero-order valence-corrected chi connectivity index (χ0v) is 14.7. The molecule has 1 aromatic carbocycles. The molecule has 0 fully saturated rings. The average molecular weight is 381 g/mol. The van der Waals surface area contributed by atoms with Crippen LogP contribution in [0.25, 0.3) is 27.9 Å². The Morgan fingerprint density at radius 3 is 2.30 bits per heavy atom. The Morgan fingerprint density at radius 2 is 1.56 bits per heavy atom. The van der Waals surface area contributed by atoms with Crippen molar-refractivity contribution in [3.05, 3.63) is 90.0 Å². The Balaban J connectivity index is 0.000000323. The van der Waals surface area contributed by atoms with Crippen molar-refractivity contribution in [2.45, 2.75) is 0 Å². The monoisotopic (exact) mass is 380 g/mol. The second-order valence-electron chi connectivity index (χ2n) is 5.94. The van der Waals surface area contributed by atoms with Crippen LogP contribution >= 0.6 is 0 Å². The van der Waals surface area contributed by atoms with Gasteiger partial charge in [0.25, 0.3) is 0 Å². The topological polar surface area (TPSA) is 109 Å². The number of halogens is 1. The van der Waals surface area contributed by atoms with Gasteiger partial charge in [0, 0.05) is 30.5 Å². The first kappa shape index (κ1) is 17.5. The van der Waals surface area contributed by atoms with Crippen LogP contribution in [-0.2, 0) is 0 Å². The number of rotatable bonds is 1. The lowest BCUT2D eigenvalue weighted by atomic mass is 10.0. The van der Waals surface area contributed by atoms with Crippen molar-refractivity contribution in [1.29, 1.82) is 0 Å². The van der Waals surface area contributed by atoms with Crippen LogP contribution in [-0.4, -0.2) is 4.98 Å². The lowest BCUT2D eigenvalue weighted by molar-refractivity contribution is -2.00. The molecule has 7 heteroatoms. The van der Waals surface area contributed by atoms with Crippen LogP contribution in [0.2, 0.25) is 0 Å². The van der Waals surface area contributed by atoms with Gasteiger partial charge in [0.1, 0.15) is 0 Å². The van der Waals surface area contributed by atoms with E-state index in [-0.39, 0.29) is 0 Å². The van der Waals surface area contributed by atoms with E-state index in [0.29, 0.717) is 0 Å². The van der Waals surface area contributed by atoms with E-state index in [1.54, 1.807) is 0 Å². The highest BCUT2D eigenvalue weighted by atomic mass is 35.7. The van der Waals surface area contributed by atoms with Gasteiger partial charge >= 0.3 is 0 Å². The molecule has 5 rings (SSSR count). The van der Waals surface area contributed by atoms with Crippen LogP contribution < -0.4 is 23.0 Å². The van der Waals surface area contributed by atoms with Crippen molar-refractivity contribution >= 4 is 27.9 Å². The van der Waals surface area contributed by atoms with Crippen LogP contribution in [0.4, 0.5) is 0 Å². The first-order chi connectivity index (χ1) is 12.9. The largest absolute Gasteiger partial charge is 0.256 e. The third-order valence-corrected chi connectivity index (χ3v) is 4.30. The fourth-order valence-corrected chi connectivity index (χ4v) is 3.33. The van der Waals surface area contributed by atoms with E-state index in [0.717, 1.165) is 5.69 Å². The van der Waals surface area contributed by atoms with Gasteiger partial charge in [-0.1, -0.05) is 24.3 Å². The summed E-state index contributed by atoms with van der Waals surface area (Å²) in [7, 11) is -4.94. The molecule has 0 bridgehead atoms. The lowest BCUT2D eigenvalue weighted by Gasteiger charge is -2.17. The molecule has 0 atom stereocenters. The maximum atomic E-state index is 8.49. The minimum Gasteiger partial charge on any atom is -0.256 e. The van der Waals surface area contributed by atoms with Crippen LogP contribution in [0.15, 0.2) is 72.9 Å². The van der Waals surface area contributed by atoms with Gasteiger partial charge in [0.15, 0.2) is 0 Å². The second kappa shape index (κ2) is 6.70. The molecule has 4 aromatic rings. The van der Waals surface area contributed by atoms with Gasteiger partial charge in [0.05, 0.1) is 16.7 Å². The van der Waals surface area contributed by atoms with Crippen LogP contribution in [0, 0.1) is 10.2 Å². The third-order valence-electron chi connectivity index (χ3n) is 4.30. The van der Waals surface area contributed by atoms with Gasteiger partial charge < -0.3 is 0 Å². The fraction of sp³-hybridized carbons (Fsp3) is 0. The van der Waals surface area contributed by atoms with Gasteiger partial charge in [-0.25, -0.2) is 18.6 Å². The number of hydrogen-bond donors (Lipinski definition) is 0. The highest BCUT2D eigenvalue weighted by Crippen LogP contribution is 2.30. The molecule has 1 aliphatic rings. The van der Waals surface area contributed by atoms with Crippen molar-refractivity contribution in [3.63, 3.8) is 0 Å². The molecule has 0 aliphatic carbocycles. The highest BCUT2D eigenvalue weighted by molar-refractivity contribution is 5.99. The third kappa shape index (κ3) is 3.52. The van der Waals surface area contributed by atoms with Gasteiger partial charge in [-0.05, 0) is 29.7 Å². The molecule has 0 saturated heterocycles. The molecule has 0 saturated carbocycles. The van der Waals surface area contributed by atoms with Gasteiger partial charge in [-0.3, -0.25) is 4.98 Å². The first-order valence-corrected chi connectivity index (χ1v) is 9.27. The Kier molecular flexibility index (Phi) is 4.35. The van der Waals surface area contributed by atoms with E-state index < -0.39 is 10.2 Å². The Morgan fingerprint density at radius 1 is 0.815 bits per heavy atom. The number of aromatic nitrogens is 2. The number of nitrogens with zero attached hydrogens (tertiary/aromatic N) is 2. The summed E-state index contributed by atoms with van der Waals surface area (Å²) in [6.07, 6.45) is 4.08. The van der Waals surface area contributed by atoms with Gasteiger partial charge in [0.2, 0.25) is 16.9 Å². The van der Waals surface area contributed by atoms with E-state index in [1.807, 2.05) is 18.3 Å².